The number of nitrogens with zero attached hydrogens (tertiary/aromatic N) is 6. The number of benzene rings is 3. The maximum Gasteiger partial charge on any atom is 0.407 e. The third-order valence-corrected chi connectivity index (χ3v) is 11.7. The van der Waals surface area contributed by atoms with E-state index < -0.39 is 34.6 Å². The van der Waals surface area contributed by atoms with Crippen LogP contribution in [-0.2, 0) is 4.74 Å². The van der Waals surface area contributed by atoms with Crippen LogP contribution in [0.4, 0.5) is 19.4 Å². The Morgan fingerprint density at radius 2 is 1.94 bits per heavy atom. The summed E-state index contributed by atoms with van der Waals surface area (Å²) >= 11 is 6.73. The highest BCUT2D eigenvalue weighted by atomic mass is 35.5. The third-order valence-electron chi connectivity index (χ3n) is 11.4. The maximum absolute atomic E-state index is 17.3. The monoisotopic (exact) mass is 748 g/mol. The number of methoxy groups -OCH3 is 1. The van der Waals surface area contributed by atoms with Crippen molar-refractivity contribution in [1.82, 2.24) is 19.8 Å². The molecule has 1 amide bonds. The zero-order valence-electron chi connectivity index (χ0n) is 30.3. The van der Waals surface area contributed by atoms with E-state index in [0.29, 0.717) is 45.9 Å². The third kappa shape index (κ3) is 6.44. The first-order chi connectivity index (χ1) is 25.3. The number of aromatic nitrogens is 2. The molecule has 3 saturated heterocycles. The van der Waals surface area contributed by atoms with Gasteiger partial charge < -0.3 is 24.2 Å². The number of amides is 1. The van der Waals surface area contributed by atoms with Gasteiger partial charge in [0, 0.05) is 61.1 Å². The van der Waals surface area contributed by atoms with Crippen LogP contribution in [0.5, 0.6) is 11.8 Å². The molecule has 0 bridgehead atoms. The van der Waals surface area contributed by atoms with Crippen LogP contribution in [0.3, 0.4) is 0 Å². The van der Waals surface area contributed by atoms with Gasteiger partial charge in [0.25, 0.3) is 0 Å². The van der Waals surface area contributed by atoms with E-state index in [9.17, 15) is 19.6 Å². The number of fused-ring (bicyclic) bond motifs is 3. The highest BCUT2D eigenvalue weighted by Crippen LogP contribution is 2.45. The number of hydrogen-bond acceptors (Lipinski definition) is 9. The summed E-state index contributed by atoms with van der Waals surface area (Å²) in [6.45, 7) is 7.40. The molecular weight excluding hydrogens is 706 g/mol. The number of rotatable bonds is 9. The predicted molar refractivity (Wildman–Crippen MR) is 198 cm³/mol. The largest absolute Gasteiger partial charge is 0.468 e. The minimum absolute atomic E-state index is 0.0104. The number of nitriles is 1. The van der Waals surface area contributed by atoms with Crippen molar-refractivity contribution in [2.45, 2.75) is 63.7 Å². The predicted octanol–water partition coefficient (Wildman–Crippen LogP) is 7.68. The number of halogens is 3. The van der Waals surface area contributed by atoms with Crippen LogP contribution < -0.4 is 14.4 Å². The van der Waals surface area contributed by atoms with Gasteiger partial charge in [0.05, 0.1) is 23.6 Å². The van der Waals surface area contributed by atoms with E-state index in [1.54, 1.807) is 24.3 Å². The van der Waals surface area contributed by atoms with Gasteiger partial charge in [-0.05, 0) is 60.0 Å². The molecule has 0 spiro atoms. The van der Waals surface area contributed by atoms with Crippen molar-refractivity contribution in [3.8, 4) is 29.0 Å². The minimum atomic E-state index is -1.12. The molecule has 1 aromatic heterocycles. The fourth-order valence-electron chi connectivity index (χ4n) is 8.63. The zero-order valence-corrected chi connectivity index (χ0v) is 31.1. The lowest BCUT2D eigenvalue weighted by atomic mass is 9.69. The van der Waals surface area contributed by atoms with Crippen molar-refractivity contribution in [2.75, 3.05) is 58.1 Å². The van der Waals surface area contributed by atoms with E-state index in [2.05, 4.69) is 16.0 Å². The average molecular weight is 749 g/mol. The van der Waals surface area contributed by atoms with E-state index in [0.717, 1.165) is 24.8 Å². The lowest BCUT2D eigenvalue weighted by molar-refractivity contribution is -0.00279. The first kappa shape index (κ1) is 36.8. The van der Waals surface area contributed by atoms with Crippen molar-refractivity contribution < 1.29 is 32.9 Å². The average Bonchev–Trinajstić information content (AvgIpc) is 3.64. The highest BCUT2D eigenvalue weighted by Gasteiger charge is 2.53. The molecule has 53 heavy (non-hydrogen) atoms. The van der Waals surface area contributed by atoms with Gasteiger partial charge in [0.1, 0.15) is 29.9 Å². The molecule has 3 aromatic carbocycles. The van der Waals surface area contributed by atoms with Crippen molar-refractivity contribution in [3.63, 3.8) is 0 Å². The Labute approximate surface area is 312 Å². The minimum Gasteiger partial charge on any atom is -0.468 e. The molecule has 14 heteroatoms. The van der Waals surface area contributed by atoms with Gasteiger partial charge in [-0.3, -0.25) is 9.80 Å². The van der Waals surface area contributed by atoms with Gasteiger partial charge in [-0.1, -0.05) is 50.6 Å². The second-order valence-corrected chi connectivity index (χ2v) is 15.8. The number of carboxylic acid groups (broad SMARTS) is 1. The number of hydrogen-bond donors (Lipinski definition) is 1. The summed E-state index contributed by atoms with van der Waals surface area (Å²) in [5.74, 6) is 0.163. The van der Waals surface area contributed by atoms with Gasteiger partial charge in [0.2, 0.25) is 0 Å². The first-order valence-corrected chi connectivity index (χ1v) is 18.2. The molecule has 1 N–H and O–H groups in total. The Bertz CT molecular complexity index is 2110. The van der Waals surface area contributed by atoms with E-state index in [1.165, 1.54) is 12.0 Å². The van der Waals surface area contributed by atoms with Crippen molar-refractivity contribution in [1.29, 1.82) is 5.26 Å². The number of ether oxygens (including phenoxy) is 3. The molecule has 7 rings (SSSR count). The van der Waals surface area contributed by atoms with Crippen molar-refractivity contribution in [2.24, 2.45) is 5.41 Å². The smallest absolute Gasteiger partial charge is 0.407 e. The van der Waals surface area contributed by atoms with E-state index in [-0.39, 0.29) is 56.5 Å². The van der Waals surface area contributed by atoms with Gasteiger partial charge in [0.15, 0.2) is 12.6 Å². The summed E-state index contributed by atoms with van der Waals surface area (Å²) in [7, 11) is 1.51. The van der Waals surface area contributed by atoms with Crippen LogP contribution in [0.25, 0.3) is 32.8 Å². The second-order valence-electron chi connectivity index (χ2n) is 15.3. The molecule has 4 heterocycles. The summed E-state index contributed by atoms with van der Waals surface area (Å²) in [5, 5.41) is 22.4. The van der Waals surface area contributed by atoms with Crippen molar-refractivity contribution >= 4 is 45.2 Å². The Balaban J connectivity index is 1.39. The molecule has 11 nitrogen and oxygen atoms in total. The Hall–Kier alpha value is -4.51. The standard InChI is InChI=1S/C39H43ClF2N6O5/c1-37(2,3)39(12-13-43)21-46(15-16-48(39)36(49)50)34-28-10-9-27(29-18-26(53-23-51-4)17-24-7-5-8-30(40)31(24)29)32(42)33(28)44-35(45-34)52-22-38-11-6-14-47(38)20-25(41)19-38/h5,7-10,17-18,25H,6,11-12,14-16,19-23H2,1-4H3,(H,49,50)/t25-,38+,39-/m1/s1. The van der Waals surface area contributed by atoms with Crippen LogP contribution in [0.2, 0.25) is 5.02 Å². The van der Waals surface area contributed by atoms with Crippen LogP contribution in [0, 0.1) is 22.6 Å². The molecule has 0 unspecified atom stereocenters. The summed E-state index contributed by atoms with van der Waals surface area (Å²) < 4.78 is 49.2. The number of carbonyl (C=O) groups is 1. The van der Waals surface area contributed by atoms with Crippen LogP contribution in [0.1, 0.15) is 46.5 Å². The first-order valence-electron chi connectivity index (χ1n) is 17.8. The van der Waals surface area contributed by atoms with Gasteiger partial charge in [-0.15, -0.1) is 0 Å². The Morgan fingerprint density at radius 3 is 2.68 bits per heavy atom. The highest BCUT2D eigenvalue weighted by molar-refractivity contribution is 6.36. The van der Waals surface area contributed by atoms with Crippen LogP contribution >= 0.6 is 11.6 Å². The topological polar surface area (TPSA) is 124 Å². The number of piperazine rings is 1. The lowest BCUT2D eigenvalue weighted by Crippen LogP contribution is -2.69. The fourth-order valence-corrected chi connectivity index (χ4v) is 8.91. The molecule has 3 aliphatic heterocycles. The summed E-state index contributed by atoms with van der Waals surface area (Å²) in [6, 6.07) is 14.5. The summed E-state index contributed by atoms with van der Waals surface area (Å²) in [5.41, 5.74) is -1.59. The quantitative estimate of drug-likeness (QED) is 0.171. The fraction of sp³-hybridized carbons (Fsp3) is 0.487. The Morgan fingerprint density at radius 1 is 1.13 bits per heavy atom. The van der Waals surface area contributed by atoms with Crippen molar-refractivity contribution in [3.05, 3.63) is 53.3 Å². The molecule has 3 fully saturated rings. The number of anilines is 1. The second kappa shape index (κ2) is 14.0. The van der Waals surface area contributed by atoms with Gasteiger partial charge in [-0.2, -0.15) is 15.2 Å². The van der Waals surface area contributed by atoms with E-state index in [4.69, 9.17) is 30.8 Å². The van der Waals surface area contributed by atoms with Crippen LogP contribution in [-0.4, -0.2) is 101 Å². The van der Waals surface area contributed by atoms with Gasteiger partial charge >= 0.3 is 12.1 Å². The van der Waals surface area contributed by atoms with E-state index >= 15 is 4.39 Å². The molecule has 3 atom stereocenters. The maximum atomic E-state index is 17.3. The summed E-state index contributed by atoms with van der Waals surface area (Å²) in [4.78, 5) is 27.5. The molecule has 4 aromatic rings. The molecule has 0 aliphatic carbocycles. The van der Waals surface area contributed by atoms with Gasteiger partial charge in [-0.25, -0.2) is 13.6 Å². The lowest BCUT2D eigenvalue weighted by Gasteiger charge is -2.55. The molecule has 0 saturated carbocycles. The van der Waals surface area contributed by atoms with Crippen LogP contribution in [0.15, 0.2) is 42.5 Å². The zero-order chi connectivity index (χ0) is 37.7. The molecule has 280 valence electrons. The number of alkyl halides is 1. The summed E-state index contributed by atoms with van der Waals surface area (Å²) in [6.07, 6.45) is -0.131. The SMILES string of the molecule is COCOc1cc(-c2ccc3c(N4CCN(C(=O)O)[C@@](CC#N)(C(C)(C)C)C4)nc(OC[C@@]45CCCN4C[C@H](F)C5)nc3c2F)c2c(Cl)cccc2c1. The molecule has 3 aliphatic rings. The normalized spacial score (nSPS) is 23.4. The molecule has 0 radical (unpaired) electrons. The Kier molecular flexibility index (Phi) is 9.76. The molecular formula is C39H43ClF2N6O5. The van der Waals surface area contributed by atoms with E-state index in [1.807, 2.05) is 43.9 Å².